The fraction of sp³-hybridized carbons (Fsp3) is 0.500. The molecule has 4 unspecified atom stereocenters. The quantitative estimate of drug-likeness (QED) is 0.217. The minimum Gasteiger partial charge on any atom is -0.480 e. The molecule has 1 aromatic rings. The molecule has 0 bridgehead atoms. The Morgan fingerprint density at radius 1 is 0.848 bits per heavy atom. The van der Waals surface area contributed by atoms with E-state index in [-0.39, 0.29) is 18.8 Å². The van der Waals surface area contributed by atoms with Crippen LogP contribution in [0.3, 0.4) is 0 Å². The highest BCUT2D eigenvalue weighted by atomic mass is 16.4. The molecule has 0 aliphatic rings. The lowest BCUT2D eigenvalue weighted by Gasteiger charge is -2.25. The van der Waals surface area contributed by atoms with Gasteiger partial charge in [-0.3, -0.25) is 19.2 Å². The van der Waals surface area contributed by atoms with Crippen LogP contribution in [0, 0.1) is 5.92 Å². The van der Waals surface area contributed by atoms with Gasteiger partial charge in [-0.2, -0.15) is 0 Å². The van der Waals surface area contributed by atoms with Gasteiger partial charge in [0.05, 0.1) is 12.5 Å². The summed E-state index contributed by atoms with van der Waals surface area (Å²) in [6, 6.07) is 4.47. The van der Waals surface area contributed by atoms with Crippen molar-refractivity contribution in [1.29, 1.82) is 0 Å². The number of carbonyl (C=O) groups is 5. The van der Waals surface area contributed by atoms with Gasteiger partial charge in [0.15, 0.2) is 0 Å². The maximum Gasteiger partial charge on any atom is 0.326 e. The van der Waals surface area contributed by atoms with Crippen LogP contribution in [0.4, 0.5) is 0 Å². The van der Waals surface area contributed by atoms with Gasteiger partial charge >= 0.3 is 5.97 Å². The summed E-state index contributed by atoms with van der Waals surface area (Å²) >= 11 is 0. The molecular weight excluding hydrogens is 430 g/mol. The van der Waals surface area contributed by atoms with Crippen molar-refractivity contribution in [2.24, 2.45) is 17.4 Å². The minimum atomic E-state index is -1.53. The van der Waals surface area contributed by atoms with Crippen molar-refractivity contribution in [3.8, 4) is 0 Å². The maximum absolute atomic E-state index is 13.1. The lowest BCUT2D eigenvalue weighted by Crippen LogP contribution is -2.57. The molecule has 1 aromatic carbocycles. The van der Waals surface area contributed by atoms with Crippen LogP contribution >= 0.6 is 0 Å². The second kappa shape index (κ2) is 13.2. The molecule has 182 valence electrons. The van der Waals surface area contributed by atoms with Gasteiger partial charge in [0.25, 0.3) is 0 Å². The summed E-state index contributed by atoms with van der Waals surface area (Å²) in [6.45, 7) is 5.13. The summed E-state index contributed by atoms with van der Waals surface area (Å²) in [7, 11) is 0. The molecule has 0 saturated heterocycles. The molecule has 0 radical (unpaired) electrons. The maximum atomic E-state index is 13.1. The summed E-state index contributed by atoms with van der Waals surface area (Å²) in [5.41, 5.74) is 11.4. The summed E-state index contributed by atoms with van der Waals surface area (Å²) in [4.78, 5) is 60.5. The second-order valence-electron chi connectivity index (χ2n) is 8.30. The predicted molar refractivity (Wildman–Crippen MR) is 120 cm³/mol. The van der Waals surface area contributed by atoms with E-state index in [1.165, 1.54) is 6.92 Å². The van der Waals surface area contributed by atoms with Crippen molar-refractivity contribution in [1.82, 2.24) is 16.0 Å². The van der Waals surface area contributed by atoms with Crippen LogP contribution in [-0.2, 0) is 30.4 Å². The topological polar surface area (TPSA) is 194 Å². The number of hydrogen-bond donors (Lipinski definition) is 6. The summed E-state index contributed by atoms with van der Waals surface area (Å²) in [5.74, 6) is -4.30. The number of primary amides is 1. The molecule has 0 aliphatic carbocycles. The molecule has 11 heteroatoms. The molecule has 1 rings (SSSR count). The molecule has 4 amide bonds. The van der Waals surface area contributed by atoms with Gasteiger partial charge in [-0.1, -0.05) is 44.2 Å². The first kappa shape index (κ1) is 27.6. The van der Waals surface area contributed by atoms with E-state index in [1.807, 2.05) is 19.9 Å². The molecule has 0 fully saturated rings. The van der Waals surface area contributed by atoms with Crippen LogP contribution in [0.25, 0.3) is 0 Å². The van der Waals surface area contributed by atoms with Crippen LogP contribution in [0.1, 0.15) is 39.2 Å². The minimum absolute atomic E-state index is 0.0355. The van der Waals surface area contributed by atoms with Gasteiger partial charge in [-0.15, -0.1) is 0 Å². The van der Waals surface area contributed by atoms with Gasteiger partial charge in [-0.25, -0.2) is 4.79 Å². The molecule has 0 spiro atoms. The number of carboxylic acid groups (broad SMARTS) is 1. The highest BCUT2D eigenvalue weighted by molar-refractivity contribution is 5.94. The molecule has 0 heterocycles. The smallest absolute Gasteiger partial charge is 0.326 e. The first-order chi connectivity index (χ1) is 15.4. The zero-order valence-electron chi connectivity index (χ0n) is 19.0. The number of carbonyl (C=O) groups excluding carboxylic acids is 4. The molecule has 33 heavy (non-hydrogen) atoms. The van der Waals surface area contributed by atoms with E-state index in [1.54, 1.807) is 24.3 Å². The lowest BCUT2D eigenvalue weighted by atomic mass is 10.0. The van der Waals surface area contributed by atoms with Crippen molar-refractivity contribution in [2.75, 3.05) is 0 Å². The Morgan fingerprint density at radius 2 is 1.36 bits per heavy atom. The number of hydrogen-bond acceptors (Lipinski definition) is 6. The van der Waals surface area contributed by atoms with E-state index in [9.17, 15) is 29.1 Å². The number of carboxylic acids is 1. The van der Waals surface area contributed by atoms with E-state index in [0.29, 0.717) is 0 Å². The summed E-state index contributed by atoms with van der Waals surface area (Å²) in [6.07, 6.45) is -0.245. The van der Waals surface area contributed by atoms with Crippen LogP contribution < -0.4 is 27.4 Å². The molecule has 11 nitrogen and oxygen atoms in total. The van der Waals surface area contributed by atoms with Crippen molar-refractivity contribution in [2.45, 2.75) is 64.2 Å². The Balaban J connectivity index is 3.06. The van der Waals surface area contributed by atoms with Crippen LogP contribution in [-0.4, -0.2) is 58.9 Å². The zero-order valence-corrected chi connectivity index (χ0v) is 19.0. The fourth-order valence-electron chi connectivity index (χ4n) is 3.01. The molecule has 8 N–H and O–H groups in total. The Kier molecular flexibility index (Phi) is 11.0. The van der Waals surface area contributed by atoms with Gasteiger partial charge in [0.2, 0.25) is 23.6 Å². The normalized spacial score (nSPS) is 14.5. The van der Waals surface area contributed by atoms with Crippen molar-refractivity contribution < 1.29 is 29.1 Å². The van der Waals surface area contributed by atoms with E-state index < -0.39 is 60.2 Å². The number of nitrogens with two attached hydrogens (primary N) is 2. The largest absolute Gasteiger partial charge is 0.480 e. The Bertz CT molecular complexity index is 843. The third-order valence-corrected chi connectivity index (χ3v) is 4.69. The fourth-order valence-corrected chi connectivity index (χ4v) is 3.01. The van der Waals surface area contributed by atoms with Crippen molar-refractivity contribution in [3.05, 3.63) is 35.9 Å². The number of benzene rings is 1. The SMILES string of the molecule is CC(C)CC(NC(=O)C(Cc1ccccc1)NC(=O)C(C)N)C(=O)NC(CC(N)=O)C(=O)O. The Hall–Kier alpha value is -3.47. The van der Waals surface area contributed by atoms with Crippen LogP contribution in [0.2, 0.25) is 0 Å². The van der Waals surface area contributed by atoms with E-state index in [2.05, 4.69) is 16.0 Å². The molecule has 0 aliphatic heterocycles. The second-order valence-corrected chi connectivity index (χ2v) is 8.30. The van der Waals surface area contributed by atoms with Gasteiger partial charge < -0.3 is 32.5 Å². The molecule has 0 saturated carbocycles. The van der Waals surface area contributed by atoms with E-state index in [0.717, 1.165) is 5.56 Å². The predicted octanol–water partition coefficient (Wildman–Crippen LogP) is -0.963. The molecular formula is C22H33N5O6. The van der Waals surface area contributed by atoms with Gasteiger partial charge in [-0.05, 0) is 24.8 Å². The van der Waals surface area contributed by atoms with E-state index >= 15 is 0 Å². The molecule has 0 aromatic heterocycles. The average molecular weight is 464 g/mol. The summed E-state index contributed by atoms with van der Waals surface area (Å²) in [5, 5.41) is 16.7. The standard InChI is InChI=1S/C22H33N5O6/c1-12(2)9-15(20(30)27-17(22(32)33)11-18(24)28)26-21(31)16(25-19(29)13(3)23)10-14-7-5-4-6-8-14/h4-8,12-13,15-17H,9-11,23H2,1-3H3,(H2,24,28)(H,25,29)(H,26,31)(H,27,30)(H,32,33). The van der Waals surface area contributed by atoms with Gasteiger partial charge in [0.1, 0.15) is 18.1 Å². The number of nitrogens with one attached hydrogen (secondary N) is 3. The third kappa shape index (κ3) is 10.1. The molecule has 4 atom stereocenters. The third-order valence-electron chi connectivity index (χ3n) is 4.69. The summed E-state index contributed by atoms with van der Waals surface area (Å²) < 4.78 is 0. The van der Waals surface area contributed by atoms with Crippen molar-refractivity contribution in [3.63, 3.8) is 0 Å². The van der Waals surface area contributed by atoms with Gasteiger partial charge in [0, 0.05) is 6.42 Å². The lowest BCUT2D eigenvalue weighted by molar-refractivity contribution is -0.143. The number of amides is 4. The zero-order chi connectivity index (χ0) is 25.1. The first-order valence-corrected chi connectivity index (χ1v) is 10.6. The van der Waals surface area contributed by atoms with E-state index in [4.69, 9.17) is 11.5 Å². The Morgan fingerprint density at radius 3 is 1.85 bits per heavy atom. The van der Waals surface area contributed by atoms with Crippen molar-refractivity contribution >= 4 is 29.6 Å². The highest BCUT2D eigenvalue weighted by Gasteiger charge is 2.31. The Labute approximate surface area is 192 Å². The number of rotatable bonds is 13. The average Bonchev–Trinajstić information content (AvgIpc) is 2.72. The van der Waals surface area contributed by atoms with Crippen LogP contribution in [0.5, 0.6) is 0 Å². The van der Waals surface area contributed by atoms with Crippen LogP contribution in [0.15, 0.2) is 30.3 Å². The highest BCUT2D eigenvalue weighted by Crippen LogP contribution is 2.09. The first-order valence-electron chi connectivity index (χ1n) is 10.6. The number of aliphatic carboxylic acids is 1. The monoisotopic (exact) mass is 463 g/mol.